The van der Waals surface area contributed by atoms with Crippen LogP contribution in [0.15, 0.2) is 36.7 Å². The van der Waals surface area contributed by atoms with E-state index in [9.17, 15) is 14.7 Å². The molecule has 1 aromatic heterocycles. The standard InChI is InChI=1S/C15H16N2O3/c18-14(17-8-9-2-1-5-16-7-9)12-10-3-4-11(6-10)13(12)15(19)20/h1-5,7,10-13H,6,8H2,(H,17,18)(H,19,20)/t10-,11+,12-,13-/m0/s1. The Bertz CT molecular complexity index is 555. The molecule has 0 aromatic carbocycles. The third kappa shape index (κ3) is 2.19. The molecule has 4 atom stereocenters. The maximum absolute atomic E-state index is 12.3. The van der Waals surface area contributed by atoms with E-state index in [1.807, 2.05) is 24.3 Å². The molecule has 1 amide bonds. The van der Waals surface area contributed by atoms with Crippen molar-refractivity contribution in [1.82, 2.24) is 10.3 Å². The van der Waals surface area contributed by atoms with Crippen LogP contribution in [0.2, 0.25) is 0 Å². The first-order valence-corrected chi connectivity index (χ1v) is 6.74. The number of carboxylic acids is 1. The van der Waals surface area contributed by atoms with Gasteiger partial charge in [-0.25, -0.2) is 0 Å². The summed E-state index contributed by atoms with van der Waals surface area (Å²) in [6.45, 7) is 0.386. The Morgan fingerprint density at radius 3 is 2.70 bits per heavy atom. The van der Waals surface area contributed by atoms with Crippen LogP contribution in [-0.2, 0) is 16.1 Å². The number of nitrogens with zero attached hydrogens (tertiary/aromatic N) is 1. The van der Waals surface area contributed by atoms with Gasteiger partial charge in [-0.15, -0.1) is 0 Å². The van der Waals surface area contributed by atoms with Crippen LogP contribution >= 0.6 is 0 Å². The summed E-state index contributed by atoms with van der Waals surface area (Å²) in [7, 11) is 0. The number of aliphatic carboxylic acids is 1. The second-order valence-corrected chi connectivity index (χ2v) is 5.42. The van der Waals surface area contributed by atoms with E-state index in [0.717, 1.165) is 12.0 Å². The fourth-order valence-electron chi connectivity index (χ4n) is 3.33. The van der Waals surface area contributed by atoms with E-state index in [0.29, 0.717) is 6.54 Å². The second-order valence-electron chi connectivity index (χ2n) is 5.42. The van der Waals surface area contributed by atoms with Crippen LogP contribution in [0.25, 0.3) is 0 Å². The fourth-order valence-corrected chi connectivity index (χ4v) is 3.33. The van der Waals surface area contributed by atoms with Crippen LogP contribution in [0.3, 0.4) is 0 Å². The molecule has 1 heterocycles. The Hall–Kier alpha value is -2.17. The van der Waals surface area contributed by atoms with Gasteiger partial charge in [-0.1, -0.05) is 18.2 Å². The molecule has 5 nitrogen and oxygen atoms in total. The van der Waals surface area contributed by atoms with Gasteiger partial charge in [0.15, 0.2) is 0 Å². The van der Waals surface area contributed by atoms with Crippen molar-refractivity contribution in [1.29, 1.82) is 0 Å². The minimum absolute atomic E-state index is 0.00615. The number of carbonyl (C=O) groups excluding carboxylic acids is 1. The smallest absolute Gasteiger partial charge is 0.307 e. The van der Waals surface area contributed by atoms with Crippen LogP contribution in [0.4, 0.5) is 0 Å². The van der Waals surface area contributed by atoms with Gasteiger partial charge in [0.1, 0.15) is 0 Å². The number of pyridine rings is 1. The summed E-state index contributed by atoms with van der Waals surface area (Å²) in [5, 5.41) is 12.2. The molecule has 1 saturated carbocycles. The van der Waals surface area contributed by atoms with Crippen molar-refractivity contribution in [2.45, 2.75) is 13.0 Å². The van der Waals surface area contributed by atoms with E-state index in [1.54, 1.807) is 12.4 Å². The number of carboxylic acid groups (broad SMARTS) is 1. The van der Waals surface area contributed by atoms with E-state index in [2.05, 4.69) is 10.3 Å². The van der Waals surface area contributed by atoms with E-state index < -0.39 is 17.8 Å². The predicted molar refractivity (Wildman–Crippen MR) is 71.4 cm³/mol. The quantitative estimate of drug-likeness (QED) is 0.808. The van der Waals surface area contributed by atoms with Crippen LogP contribution < -0.4 is 5.32 Å². The summed E-state index contributed by atoms with van der Waals surface area (Å²) in [4.78, 5) is 27.6. The van der Waals surface area contributed by atoms with Crippen LogP contribution in [0.1, 0.15) is 12.0 Å². The number of carbonyl (C=O) groups is 2. The minimum Gasteiger partial charge on any atom is -0.481 e. The molecule has 3 rings (SSSR count). The van der Waals surface area contributed by atoms with E-state index in [-0.39, 0.29) is 17.7 Å². The zero-order valence-electron chi connectivity index (χ0n) is 10.9. The van der Waals surface area contributed by atoms with Crippen LogP contribution in [0.5, 0.6) is 0 Å². The first-order valence-electron chi connectivity index (χ1n) is 6.74. The average molecular weight is 272 g/mol. The van der Waals surface area contributed by atoms with Crippen molar-refractivity contribution in [3.05, 3.63) is 42.2 Å². The molecule has 0 saturated heterocycles. The third-order valence-electron chi connectivity index (χ3n) is 4.24. The summed E-state index contributed by atoms with van der Waals surface area (Å²) in [6, 6.07) is 3.68. The van der Waals surface area contributed by atoms with Crippen LogP contribution in [-0.4, -0.2) is 22.0 Å². The second kappa shape index (κ2) is 5.07. The molecule has 2 aliphatic carbocycles. The highest BCUT2D eigenvalue weighted by atomic mass is 16.4. The molecule has 2 bridgehead atoms. The molecular formula is C15H16N2O3. The molecular weight excluding hydrogens is 256 g/mol. The van der Waals surface area contributed by atoms with Gasteiger partial charge in [0, 0.05) is 18.9 Å². The van der Waals surface area contributed by atoms with Crippen LogP contribution in [0, 0.1) is 23.7 Å². The fraction of sp³-hybridized carbons (Fsp3) is 0.400. The highest BCUT2D eigenvalue weighted by Gasteiger charge is 2.51. The van der Waals surface area contributed by atoms with Gasteiger partial charge < -0.3 is 10.4 Å². The Balaban J connectivity index is 1.68. The van der Waals surface area contributed by atoms with Gasteiger partial charge in [-0.3, -0.25) is 14.6 Å². The van der Waals surface area contributed by atoms with Gasteiger partial charge in [0.05, 0.1) is 11.8 Å². The third-order valence-corrected chi connectivity index (χ3v) is 4.24. The molecule has 0 spiro atoms. The van der Waals surface area contributed by atoms with Crippen molar-refractivity contribution < 1.29 is 14.7 Å². The molecule has 2 N–H and O–H groups in total. The predicted octanol–water partition coefficient (Wildman–Crippen LogP) is 1.22. The van der Waals surface area contributed by atoms with Gasteiger partial charge in [0.25, 0.3) is 0 Å². The van der Waals surface area contributed by atoms with Crippen molar-refractivity contribution in [3.8, 4) is 0 Å². The lowest BCUT2D eigenvalue weighted by Gasteiger charge is -2.23. The lowest BCUT2D eigenvalue weighted by atomic mass is 9.82. The van der Waals surface area contributed by atoms with Gasteiger partial charge in [-0.05, 0) is 29.9 Å². The molecule has 2 aliphatic rings. The monoisotopic (exact) mass is 272 g/mol. The summed E-state index contributed by atoms with van der Waals surface area (Å²) >= 11 is 0. The summed E-state index contributed by atoms with van der Waals surface area (Å²) in [5.74, 6) is -2.00. The van der Waals surface area contributed by atoms with Crippen molar-refractivity contribution >= 4 is 11.9 Å². The Morgan fingerprint density at radius 2 is 2.05 bits per heavy atom. The molecule has 0 radical (unpaired) electrons. The molecule has 104 valence electrons. The highest BCUT2D eigenvalue weighted by Crippen LogP contribution is 2.48. The lowest BCUT2D eigenvalue weighted by Crippen LogP contribution is -2.39. The van der Waals surface area contributed by atoms with Crippen molar-refractivity contribution in [2.24, 2.45) is 23.7 Å². The Morgan fingerprint density at radius 1 is 1.30 bits per heavy atom. The molecule has 0 unspecified atom stereocenters. The Labute approximate surface area is 116 Å². The molecule has 5 heteroatoms. The number of aromatic nitrogens is 1. The number of hydrogen-bond donors (Lipinski definition) is 2. The number of rotatable bonds is 4. The summed E-state index contributed by atoms with van der Waals surface area (Å²) in [6.07, 6.45) is 8.07. The zero-order valence-corrected chi connectivity index (χ0v) is 10.9. The van der Waals surface area contributed by atoms with E-state index in [4.69, 9.17) is 0 Å². The zero-order chi connectivity index (χ0) is 14.1. The molecule has 0 aliphatic heterocycles. The minimum atomic E-state index is -0.872. The highest BCUT2D eigenvalue weighted by molar-refractivity contribution is 5.86. The molecule has 1 fully saturated rings. The van der Waals surface area contributed by atoms with E-state index >= 15 is 0 Å². The van der Waals surface area contributed by atoms with Crippen molar-refractivity contribution in [3.63, 3.8) is 0 Å². The number of fused-ring (bicyclic) bond motifs is 2. The van der Waals surface area contributed by atoms with Gasteiger partial charge in [0.2, 0.25) is 5.91 Å². The lowest BCUT2D eigenvalue weighted by molar-refractivity contribution is -0.147. The number of hydrogen-bond acceptors (Lipinski definition) is 3. The maximum Gasteiger partial charge on any atom is 0.307 e. The normalized spacial score (nSPS) is 30.4. The largest absolute Gasteiger partial charge is 0.481 e. The topological polar surface area (TPSA) is 79.3 Å². The summed E-state index contributed by atoms with van der Waals surface area (Å²) in [5.41, 5.74) is 0.909. The van der Waals surface area contributed by atoms with Crippen molar-refractivity contribution in [2.75, 3.05) is 0 Å². The van der Waals surface area contributed by atoms with Gasteiger partial charge in [-0.2, -0.15) is 0 Å². The van der Waals surface area contributed by atoms with Gasteiger partial charge >= 0.3 is 5.97 Å². The summed E-state index contributed by atoms with van der Waals surface area (Å²) < 4.78 is 0. The maximum atomic E-state index is 12.3. The number of nitrogens with one attached hydrogen (secondary N) is 1. The first kappa shape index (κ1) is 12.8. The number of allylic oxidation sites excluding steroid dienone is 2. The Kier molecular flexibility index (Phi) is 3.26. The molecule has 20 heavy (non-hydrogen) atoms. The number of amides is 1. The first-order chi connectivity index (χ1) is 9.66. The van der Waals surface area contributed by atoms with E-state index in [1.165, 1.54) is 0 Å². The SMILES string of the molecule is O=C(O)[C@@H]1[C@@H](C(=O)NCc2cccnc2)[C@H]2C=C[C@@H]1C2. The average Bonchev–Trinajstić information content (AvgIpc) is 3.06. The molecule has 1 aromatic rings.